The number of piperazine rings is 1. The van der Waals surface area contributed by atoms with Crippen molar-refractivity contribution in [3.63, 3.8) is 0 Å². The largest absolute Gasteiger partial charge is 0.340 e. The van der Waals surface area contributed by atoms with E-state index in [1.54, 1.807) is 0 Å². The van der Waals surface area contributed by atoms with Crippen LogP contribution in [0.3, 0.4) is 0 Å². The van der Waals surface area contributed by atoms with Crippen molar-refractivity contribution in [2.24, 2.45) is 17.3 Å². The van der Waals surface area contributed by atoms with E-state index in [4.69, 9.17) is 0 Å². The highest BCUT2D eigenvalue weighted by Gasteiger charge is 2.57. The maximum absolute atomic E-state index is 12.9. The third-order valence-corrected chi connectivity index (χ3v) is 8.93. The van der Waals surface area contributed by atoms with Crippen LogP contribution in [0.1, 0.15) is 44.9 Å². The maximum atomic E-state index is 12.9. The second kappa shape index (κ2) is 5.68. The number of alkyl halides is 1. The first kappa shape index (κ1) is 17.3. The zero-order valence-electron chi connectivity index (χ0n) is 14.3. The van der Waals surface area contributed by atoms with Crippen molar-refractivity contribution >= 4 is 31.9 Å². The second-order valence-corrected chi connectivity index (χ2v) is 12.5. The molecule has 1 amide bonds. The fraction of sp³-hybridized carbons (Fsp3) is 0.941. The van der Waals surface area contributed by atoms with Crippen LogP contribution in [0.5, 0.6) is 0 Å². The van der Waals surface area contributed by atoms with E-state index in [-0.39, 0.29) is 15.6 Å². The SMILES string of the molecule is CS(=O)(=O)N1CCN(C(=O)CC23CC4CC(CC(Br)(C4)C2)C3)CC1. The van der Waals surface area contributed by atoms with Crippen molar-refractivity contribution in [1.29, 1.82) is 0 Å². The Bertz CT molecular complexity index is 628. The van der Waals surface area contributed by atoms with Crippen LogP contribution in [0.2, 0.25) is 0 Å². The van der Waals surface area contributed by atoms with E-state index in [1.165, 1.54) is 42.7 Å². The Morgan fingerprint density at radius 3 is 2.17 bits per heavy atom. The number of carbonyl (C=O) groups excluding carboxylic acids is 1. The summed E-state index contributed by atoms with van der Waals surface area (Å²) in [5.74, 6) is 1.82. The maximum Gasteiger partial charge on any atom is 0.223 e. The first-order chi connectivity index (χ1) is 11.2. The number of rotatable bonds is 3. The Labute approximate surface area is 153 Å². The molecule has 4 aliphatic carbocycles. The lowest BCUT2D eigenvalue weighted by atomic mass is 9.48. The summed E-state index contributed by atoms with van der Waals surface area (Å²) in [6.45, 7) is 1.94. The molecule has 0 aromatic rings. The van der Waals surface area contributed by atoms with Gasteiger partial charge in [-0.1, -0.05) is 15.9 Å². The molecule has 5 fully saturated rings. The third kappa shape index (κ3) is 3.16. The zero-order chi connectivity index (χ0) is 17.2. The zero-order valence-corrected chi connectivity index (χ0v) is 16.7. The monoisotopic (exact) mass is 418 g/mol. The summed E-state index contributed by atoms with van der Waals surface area (Å²) >= 11 is 4.01. The summed E-state index contributed by atoms with van der Waals surface area (Å²) in [5, 5.41) is 0. The fourth-order valence-electron chi connectivity index (χ4n) is 6.24. The molecular weight excluding hydrogens is 392 g/mol. The molecule has 2 atom stereocenters. The lowest BCUT2D eigenvalue weighted by molar-refractivity contribution is -0.139. The van der Waals surface area contributed by atoms with Gasteiger partial charge < -0.3 is 4.90 Å². The molecule has 5 nitrogen and oxygen atoms in total. The van der Waals surface area contributed by atoms with Gasteiger partial charge in [-0.2, -0.15) is 4.31 Å². The van der Waals surface area contributed by atoms with E-state index in [9.17, 15) is 13.2 Å². The number of carbonyl (C=O) groups is 1. The molecule has 136 valence electrons. The summed E-state index contributed by atoms with van der Waals surface area (Å²) in [6.07, 6.45) is 9.40. The Morgan fingerprint density at radius 2 is 1.67 bits per heavy atom. The molecule has 5 aliphatic rings. The quantitative estimate of drug-likeness (QED) is 0.660. The molecular formula is C17H27BrN2O3S. The summed E-state index contributed by atoms with van der Waals surface area (Å²) < 4.78 is 25.0. The molecule has 24 heavy (non-hydrogen) atoms. The van der Waals surface area contributed by atoms with Crippen LogP contribution < -0.4 is 0 Å². The average Bonchev–Trinajstić information content (AvgIpc) is 2.43. The van der Waals surface area contributed by atoms with Gasteiger partial charge in [-0.15, -0.1) is 0 Å². The number of hydrogen-bond acceptors (Lipinski definition) is 3. The average molecular weight is 419 g/mol. The van der Waals surface area contributed by atoms with Gasteiger partial charge in [0, 0.05) is 36.9 Å². The standard InChI is InChI=1S/C17H27BrN2O3S/c1-24(22,23)20-4-2-19(3-5-20)15(21)11-16-7-13-6-14(8-16)10-17(18,9-13)12-16/h13-14H,2-12H2,1H3. The molecule has 1 heterocycles. The van der Waals surface area contributed by atoms with Gasteiger partial charge in [-0.25, -0.2) is 8.42 Å². The van der Waals surface area contributed by atoms with Gasteiger partial charge in [0.1, 0.15) is 0 Å². The van der Waals surface area contributed by atoms with Crippen molar-refractivity contribution in [2.45, 2.75) is 49.3 Å². The highest BCUT2D eigenvalue weighted by atomic mass is 79.9. The third-order valence-electron chi connectivity index (χ3n) is 6.70. The molecule has 4 saturated carbocycles. The summed E-state index contributed by atoms with van der Waals surface area (Å²) in [7, 11) is -3.14. The van der Waals surface area contributed by atoms with Crippen molar-refractivity contribution in [1.82, 2.24) is 9.21 Å². The first-order valence-electron chi connectivity index (χ1n) is 9.08. The topological polar surface area (TPSA) is 57.7 Å². The minimum atomic E-state index is -3.14. The Hall–Kier alpha value is -0.140. The molecule has 0 aromatic heterocycles. The number of nitrogens with zero attached hydrogens (tertiary/aromatic N) is 2. The minimum absolute atomic E-state index is 0.193. The van der Waals surface area contributed by atoms with Gasteiger partial charge in [-0.05, 0) is 55.8 Å². The summed E-state index contributed by atoms with van der Waals surface area (Å²) in [6, 6.07) is 0. The molecule has 4 bridgehead atoms. The molecule has 0 aromatic carbocycles. The van der Waals surface area contributed by atoms with Gasteiger partial charge >= 0.3 is 0 Å². The smallest absolute Gasteiger partial charge is 0.223 e. The van der Waals surface area contributed by atoms with Crippen molar-refractivity contribution in [3.8, 4) is 0 Å². The van der Waals surface area contributed by atoms with Crippen LogP contribution in [0, 0.1) is 17.3 Å². The Kier molecular flexibility index (Phi) is 4.09. The highest BCUT2D eigenvalue weighted by Crippen LogP contribution is 2.65. The van der Waals surface area contributed by atoms with Crippen LogP contribution in [-0.2, 0) is 14.8 Å². The lowest BCUT2D eigenvalue weighted by Gasteiger charge is -2.60. The van der Waals surface area contributed by atoms with E-state index in [0.717, 1.165) is 18.3 Å². The van der Waals surface area contributed by atoms with Crippen LogP contribution in [0.4, 0.5) is 0 Å². The predicted molar refractivity (Wildman–Crippen MR) is 96.4 cm³/mol. The summed E-state index contributed by atoms with van der Waals surface area (Å²) in [5.41, 5.74) is 0.193. The molecule has 1 saturated heterocycles. The second-order valence-electron chi connectivity index (χ2n) is 8.83. The Balaban J connectivity index is 1.40. The summed E-state index contributed by atoms with van der Waals surface area (Å²) in [4.78, 5) is 14.8. The first-order valence-corrected chi connectivity index (χ1v) is 11.7. The van der Waals surface area contributed by atoms with E-state index in [1.807, 2.05) is 4.90 Å². The normalized spacial score (nSPS) is 42.5. The van der Waals surface area contributed by atoms with Crippen molar-refractivity contribution < 1.29 is 13.2 Å². The van der Waals surface area contributed by atoms with Gasteiger partial charge in [0.15, 0.2) is 0 Å². The minimum Gasteiger partial charge on any atom is -0.340 e. The van der Waals surface area contributed by atoms with Crippen LogP contribution in [0.15, 0.2) is 0 Å². The fourth-order valence-corrected chi connectivity index (χ4v) is 8.58. The van der Waals surface area contributed by atoms with E-state index in [0.29, 0.717) is 32.6 Å². The van der Waals surface area contributed by atoms with Gasteiger partial charge in [0.2, 0.25) is 15.9 Å². The predicted octanol–water partition coefficient (Wildman–Crippen LogP) is 2.21. The van der Waals surface area contributed by atoms with Crippen molar-refractivity contribution in [2.75, 3.05) is 32.4 Å². The molecule has 1 aliphatic heterocycles. The van der Waals surface area contributed by atoms with Crippen molar-refractivity contribution in [3.05, 3.63) is 0 Å². The molecule has 7 heteroatoms. The van der Waals surface area contributed by atoms with E-state index < -0.39 is 10.0 Å². The van der Waals surface area contributed by atoms with E-state index >= 15 is 0 Å². The highest BCUT2D eigenvalue weighted by molar-refractivity contribution is 9.10. The molecule has 0 spiro atoms. The number of hydrogen-bond donors (Lipinski definition) is 0. The molecule has 5 rings (SSSR count). The van der Waals surface area contributed by atoms with Gasteiger partial charge in [-0.3, -0.25) is 4.79 Å². The number of amides is 1. The van der Waals surface area contributed by atoms with Crippen LogP contribution in [0.25, 0.3) is 0 Å². The molecule has 0 N–H and O–H groups in total. The van der Waals surface area contributed by atoms with Gasteiger partial charge in [0.05, 0.1) is 6.26 Å². The van der Waals surface area contributed by atoms with Crippen LogP contribution in [-0.4, -0.2) is 60.3 Å². The van der Waals surface area contributed by atoms with E-state index in [2.05, 4.69) is 15.9 Å². The molecule has 2 unspecified atom stereocenters. The number of sulfonamides is 1. The van der Waals surface area contributed by atoms with Gasteiger partial charge in [0.25, 0.3) is 0 Å². The Morgan fingerprint density at radius 1 is 1.08 bits per heavy atom. The lowest BCUT2D eigenvalue weighted by Crippen LogP contribution is -2.55. The molecule has 0 radical (unpaired) electrons. The number of halogens is 1. The van der Waals surface area contributed by atoms with Crippen LogP contribution >= 0.6 is 15.9 Å².